The molecule has 2 aliphatic carbocycles. The Morgan fingerprint density at radius 1 is 0.903 bits per heavy atom. The Bertz CT molecular complexity index is 936. The minimum atomic E-state index is 0.684. The predicted molar refractivity (Wildman–Crippen MR) is 138 cm³/mol. The molecule has 0 aliphatic heterocycles. The van der Waals surface area contributed by atoms with Gasteiger partial charge in [-0.25, -0.2) is 0 Å². The second kappa shape index (κ2) is 10.5. The van der Waals surface area contributed by atoms with E-state index in [4.69, 9.17) is 0 Å². The molecule has 0 fully saturated rings. The van der Waals surface area contributed by atoms with Gasteiger partial charge in [0.15, 0.2) is 0 Å². The molecule has 0 unspecified atom stereocenters. The molecule has 0 heteroatoms. The Kier molecular flexibility index (Phi) is 7.98. The maximum atomic E-state index is 4.49. The molecule has 0 spiro atoms. The van der Waals surface area contributed by atoms with Crippen molar-refractivity contribution in [2.45, 2.75) is 92.4 Å². The largest absolute Gasteiger partial charge is 0.0909 e. The zero-order valence-electron chi connectivity index (χ0n) is 20.8. The molecule has 0 nitrogen and oxygen atoms in total. The van der Waals surface area contributed by atoms with Crippen molar-refractivity contribution >= 4 is 5.57 Å². The summed E-state index contributed by atoms with van der Waals surface area (Å²) in [6, 6.07) is 7.22. The van der Waals surface area contributed by atoms with E-state index in [1.54, 1.807) is 0 Å². The fourth-order valence-corrected chi connectivity index (χ4v) is 5.32. The summed E-state index contributed by atoms with van der Waals surface area (Å²) in [5.74, 6) is 1.48. The summed E-state index contributed by atoms with van der Waals surface area (Å²) in [4.78, 5) is 0. The van der Waals surface area contributed by atoms with Crippen LogP contribution in [0.3, 0.4) is 0 Å². The quantitative estimate of drug-likeness (QED) is 0.377. The number of benzene rings is 1. The van der Waals surface area contributed by atoms with E-state index in [0.29, 0.717) is 5.92 Å². The molecule has 0 amide bonds. The van der Waals surface area contributed by atoms with Crippen LogP contribution in [0.25, 0.3) is 5.57 Å². The van der Waals surface area contributed by atoms with Crippen molar-refractivity contribution in [3.05, 3.63) is 87.6 Å². The Morgan fingerprint density at radius 3 is 2.23 bits per heavy atom. The number of hydrogen-bond acceptors (Lipinski definition) is 0. The summed E-state index contributed by atoms with van der Waals surface area (Å²) in [6.07, 6.45) is 15.4. The lowest BCUT2D eigenvalue weighted by Crippen LogP contribution is -1.97. The Labute approximate surface area is 191 Å². The van der Waals surface area contributed by atoms with Crippen LogP contribution in [0, 0.1) is 5.92 Å². The first-order valence-electron chi connectivity index (χ1n) is 12.5. The molecule has 0 radical (unpaired) electrons. The maximum absolute atomic E-state index is 4.49. The number of allylic oxidation sites excluding steroid dienone is 9. The highest BCUT2D eigenvalue weighted by Crippen LogP contribution is 2.41. The van der Waals surface area contributed by atoms with Crippen molar-refractivity contribution < 1.29 is 0 Å². The van der Waals surface area contributed by atoms with Gasteiger partial charge in [-0.3, -0.25) is 0 Å². The van der Waals surface area contributed by atoms with Crippen LogP contribution in [0.4, 0.5) is 0 Å². The van der Waals surface area contributed by atoms with Gasteiger partial charge in [0.25, 0.3) is 0 Å². The van der Waals surface area contributed by atoms with Crippen molar-refractivity contribution in [1.29, 1.82) is 0 Å². The summed E-state index contributed by atoms with van der Waals surface area (Å²) < 4.78 is 0. The lowest BCUT2D eigenvalue weighted by atomic mass is 9.90. The van der Waals surface area contributed by atoms with Crippen molar-refractivity contribution in [3.63, 3.8) is 0 Å². The van der Waals surface area contributed by atoms with Crippen LogP contribution in [-0.2, 0) is 6.42 Å². The third kappa shape index (κ3) is 5.05. The first kappa shape index (κ1) is 23.6. The molecule has 1 aromatic rings. The molecule has 0 saturated carbocycles. The highest BCUT2D eigenvalue weighted by Gasteiger charge is 2.23. The van der Waals surface area contributed by atoms with E-state index in [1.807, 2.05) is 0 Å². The average molecular weight is 415 g/mol. The molecule has 1 aromatic carbocycles. The summed E-state index contributed by atoms with van der Waals surface area (Å²) in [7, 11) is 0. The third-order valence-electron chi connectivity index (χ3n) is 7.65. The predicted octanol–water partition coefficient (Wildman–Crippen LogP) is 9.51. The van der Waals surface area contributed by atoms with Gasteiger partial charge in [-0.15, -0.1) is 0 Å². The topological polar surface area (TPSA) is 0 Å². The molecular weight excluding hydrogens is 372 g/mol. The highest BCUT2D eigenvalue weighted by molar-refractivity contribution is 5.85. The molecule has 0 atom stereocenters. The molecule has 0 aromatic heterocycles. The summed E-state index contributed by atoms with van der Waals surface area (Å²) in [5, 5.41) is 0. The second-order valence-corrected chi connectivity index (χ2v) is 9.64. The molecule has 31 heavy (non-hydrogen) atoms. The van der Waals surface area contributed by atoms with Crippen molar-refractivity contribution in [3.8, 4) is 0 Å². The molecule has 2 aliphatic rings. The van der Waals surface area contributed by atoms with Crippen LogP contribution in [0.15, 0.2) is 70.9 Å². The standard InChI is InChI=1S/C31H42/c1-8-24(9-2)13-12-14-29-21(5)17-27(23(29)7)20-31-22(6)18-28-19-26(15-16-30(28)31)25(10-3)11-4/h12,14-16,19-20,24-25H,7-11,13,17-18H2,1-6H3/b14-12-,27-20-. The smallest absolute Gasteiger partial charge is 0.00544 e. The lowest BCUT2D eigenvalue weighted by Gasteiger charge is -2.15. The second-order valence-electron chi connectivity index (χ2n) is 9.64. The molecule has 3 rings (SSSR count). The van der Waals surface area contributed by atoms with E-state index in [0.717, 1.165) is 18.8 Å². The van der Waals surface area contributed by atoms with Crippen LogP contribution in [0.5, 0.6) is 0 Å². The molecule has 166 valence electrons. The zero-order valence-corrected chi connectivity index (χ0v) is 20.8. The Morgan fingerprint density at radius 2 is 1.58 bits per heavy atom. The number of fused-ring (bicyclic) bond motifs is 1. The van der Waals surface area contributed by atoms with E-state index >= 15 is 0 Å². The van der Waals surface area contributed by atoms with Gasteiger partial charge in [-0.1, -0.05) is 94.7 Å². The van der Waals surface area contributed by atoms with Gasteiger partial charge in [0.1, 0.15) is 0 Å². The maximum Gasteiger partial charge on any atom is -0.00544 e. The van der Waals surface area contributed by atoms with Crippen molar-refractivity contribution in [2.75, 3.05) is 0 Å². The summed E-state index contributed by atoms with van der Waals surface area (Å²) in [6.45, 7) is 18.3. The number of rotatable bonds is 9. The van der Waals surface area contributed by atoms with Crippen LogP contribution in [0.1, 0.15) is 103 Å². The van der Waals surface area contributed by atoms with Gasteiger partial charge < -0.3 is 0 Å². The molecule has 0 heterocycles. The summed E-state index contributed by atoms with van der Waals surface area (Å²) in [5.41, 5.74) is 12.8. The van der Waals surface area contributed by atoms with Gasteiger partial charge in [0.2, 0.25) is 0 Å². The lowest BCUT2D eigenvalue weighted by molar-refractivity contribution is 0.500. The van der Waals surface area contributed by atoms with Crippen molar-refractivity contribution in [1.82, 2.24) is 0 Å². The summed E-state index contributed by atoms with van der Waals surface area (Å²) >= 11 is 0. The van der Waals surface area contributed by atoms with E-state index in [1.165, 1.54) is 82.2 Å². The molecule has 0 N–H and O–H groups in total. The van der Waals surface area contributed by atoms with E-state index in [2.05, 4.69) is 84.5 Å². The average Bonchev–Trinajstić information content (AvgIpc) is 3.22. The molecular formula is C31H42. The minimum Gasteiger partial charge on any atom is -0.0909 e. The Balaban J connectivity index is 1.80. The van der Waals surface area contributed by atoms with Crippen LogP contribution < -0.4 is 0 Å². The van der Waals surface area contributed by atoms with Crippen LogP contribution in [0.2, 0.25) is 0 Å². The Hall–Kier alpha value is -2.08. The fourth-order valence-electron chi connectivity index (χ4n) is 5.32. The van der Waals surface area contributed by atoms with Gasteiger partial charge in [0.05, 0.1) is 0 Å². The van der Waals surface area contributed by atoms with Gasteiger partial charge in [-0.2, -0.15) is 0 Å². The molecule has 0 bridgehead atoms. The van der Waals surface area contributed by atoms with Crippen LogP contribution in [-0.4, -0.2) is 0 Å². The number of hydrogen-bond donors (Lipinski definition) is 0. The first-order valence-corrected chi connectivity index (χ1v) is 12.5. The normalized spacial score (nSPS) is 18.1. The van der Waals surface area contributed by atoms with E-state index < -0.39 is 0 Å². The van der Waals surface area contributed by atoms with Gasteiger partial charge in [-0.05, 0) is 96.8 Å². The molecule has 0 saturated heterocycles. The van der Waals surface area contributed by atoms with Crippen molar-refractivity contribution in [2.24, 2.45) is 5.92 Å². The fraction of sp³-hybridized carbons (Fsp3) is 0.484. The monoisotopic (exact) mass is 414 g/mol. The first-order chi connectivity index (χ1) is 14.9. The minimum absolute atomic E-state index is 0.684. The van der Waals surface area contributed by atoms with Gasteiger partial charge >= 0.3 is 0 Å². The van der Waals surface area contributed by atoms with E-state index in [9.17, 15) is 0 Å². The van der Waals surface area contributed by atoms with Gasteiger partial charge in [0, 0.05) is 0 Å². The van der Waals surface area contributed by atoms with Crippen LogP contribution >= 0.6 is 0 Å². The highest BCUT2D eigenvalue weighted by atomic mass is 14.3. The SMILES string of the molecule is C=C1C(/C=C\CC(CC)CC)=C(C)C/C1=C/C1=C(C)Cc2cc(C(CC)CC)ccc21. The van der Waals surface area contributed by atoms with E-state index in [-0.39, 0.29) is 0 Å². The zero-order chi connectivity index (χ0) is 22.5. The third-order valence-corrected chi connectivity index (χ3v) is 7.65.